The van der Waals surface area contributed by atoms with Crippen molar-refractivity contribution in [3.8, 4) is 0 Å². The maximum absolute atomic E-state index is 10.6. The zero-order valence-electron chi connectivity index (χ0n) is 7.91. The van der Waals surface area contributed by atoms with Crippen LogP contribution in [-0.2, 0) is 10.0 Å². The Hall–Kier alpha value is -0.0900. The van der Waals surface area contributed by atoms with Gasteiger partial charge in [-0.1, -0.05) is 33.1 Å². The van der Waals surface area contributed by atoms with Crippen LogP contribution in [0.5, 0.6) is 0 Å². The first-order valence-corrected chi connectivity index (χ1v) is 6.17. The second-order valence-corrected chi connectivity index (χ2v) is 5.14. The lowest BCUT2D eigenvalue weighted by Gasteiger charge is -2.08. The third-order valence-electron chi connectivity index (χ3n) is 1.95. The average molecular weight is 193 g/mol. The Bertz CT molecular complexity index is 199. The molecule has 0 aliphatic rings. The molecule has 0 aliphatic carbocycles. The quantitative estimate of drug-likeness (QED) is 0.694. The molecule has 0 amide bonds. The van der Waals surface area contributed by atoms with Gasteiger partial charge in [0.1, 0.15) is 0 Å². The van der Waals surface area contributed by atoms with Crippen LogP contribution in [0.3, 0.4) is 0 Å². The van der Waals surface area contributed by atoms with E-state index in [0.717, 1.165) is 6.42 Å². The van der Waals surface area contributed by atoms with Crippen molar-refractivity contribution in [1.82, 2.24) is 0 Å². The van der Waals surface area contributed by atoms with Crippen LogP contribution in [0.25, 0.3) is 0 Å². The molecular formula is C8H19NO2S. The number of rotatable bonds is 6. The molecule has 0 fully saturated rings. The van der Waals surface area contributed by atoms with Crippen LogP contribution in [-0.4, -0.2) is 14.2 Å². The molecule has 0 saturated heterocycles. The van der Waals surface area contributed by atoms with Gasteiger partial charge in [0.2, 0.25) is 10.0 Å². The Morgan fingerprint density at radius 2 is 1.92 bits per heavy atom. The lowest BCUT2D eigenvalue weighted by Crippen LogP contribution is -2.18. The molecule has 0 aromatic heterocycles. The van der Waals surface area contributed by atoms with Gasteiger partial charge in [-0.25, -0.2) is 13.6 Å². The first-order valence-electron chi connectivity index (χ1n) is 4.46. The van der Waals surface area contributed by atoms with Crippen LogP contribution < -0.4 is 5.14 Å². The van der Waals surface area contributed by atoms with Gasteiger partial charge in [0.25, 0.3) is 0 Å². The number of hydrogen-bond donors (Lipinski definition) is 1. The number of unbranched alkanes of at least 4 members (excludes halogenated alkanes) is 1. The highest BCUT2D eigenvalue weighted by molar-refractivity contribution is 7.89. The number of primary sulfonamides is 1. The van der Waals surface area contributed by atoms with Gasteiger partial charge in [0.05, 0.1) is 5.75 Å². The molecule has 0 saturated carbocycles. The Morgan fingerprint density at radius 1 is 1.33 bits per heavy atom. The molecule has 0 rings (SSSR count). The summed E-state index contributed by atoms with van der Waals surface area (Å²) in [4.78, 5) is 0. The predicted molar refractivity (Wildman–Crippen MR) is 51.3 cm³/mol. The van der Waals surface area contributed by atoms with E-state index in [1.165, 1.54) is 12.8 Å². The van der Waals surface area contributed by atoms with E-state index >= 15 is 0 Å². The minimum absolute atomic E-state index is 0.123. The van der Waals surface area contributed by atoms with Gasteiger partial charge < -0.3 is 0 Å². The van der Waals surface area contributed by atoms with E-state index in [4.69, 9.17) is 5.14 Å². The van der Waals surface area contributed by atoms with Gasteiger partial charge in [0, 0.05) is 0 Å². The van der Waals surface area contributed by atoms with E-state index in [2.05, 4.69) is 13.8 Å². The minimum Gasteiger partial charge on any atom is -0.229 e. The van der Waals surface area contributed by atoms with Gasteiger partial charge in [-0.15, -0.1) is 0 Å². The standard InChI is InChI=1S/C8H19NO2S/c1-3-4-5-8(2)6-7-12(9,10)11/h8H,3-7H2,1-2H3,(H2,9,10,11). The fourth-order valence-corrected chi connectivity index (χ4v) is 1.79. The fraction of sp³-hybridized carbons (Fsp3) is 1.00. The summed E-state index contributed by atoms with van der Waals surface area (Å²) in [5.74, 6) is 0.598. The lowest BCUT2D eigenvalue weighted by molar-refractivity contribution is 0.488. The highest BCUT2D eigenvalue weighted by atomic mass is 32.2. The van der Waals surface area contributed by atoms with E-state index in [9.17, 15) is 8.42 Å². The van der Waals surface area contributed by atoms with Crippen molar-refractivity contribution in [3.05, 3.63) is 0 Å². The third kappa shape index (κ3) is 8.01. The summed E-state index contributed by atoms with van der Waals surface area (Å²) in [6, 6.07) is 0. The van der Waals surface area contributed by atoms with E-state index in [0.29, 0.717) is 12.3 Å². The van der Waals surface area contributed by atoms with Crippen molar-refractivity contribution in [2.75, 3.05) is 5.75 Å². The summed E-state index contributed by atoms with van der Waals surface area (Å²) >= 11 is 0. The molecule has 2 N–H and O–H groups in total. The molecule has 1 unspecified atom stereocenters. The Balaban J connectivity index is 3.51. The highest BCUT2D eigenvalue weighted by Gasteiger charge is 2.07. The van der Waals surface area contributed by atoms with Gasteiger partial charge in [-0.3, -0.25) is 0 Å². The second kappa shape index (κ2) is 5.54. The normalized spacial score (nSPS) is 14.6. The summed E-state index contributed by atoms with van der Waals surface area (Å²) in [6.45, 7) is 4.20. The highest BCUT2D eigenvalue weighted by Crippen LogP contribution is 2.11. The molecule has 1 atom stereocenters. The van der Waals surface area contributed by atoms with E-state index in [1.807, 2.05) is 0 Å². The molecule has 0 spiro atoms. The molecule has 0 radical (unpaired) electrons. The zero-order valence-corrected chi connectivity index (χ0v) is 8.73. The zero-order chi connectivity index (χ0) is 9.61. The molecule has 12 heavy (non-hydrogen) atoms. The molecule has 0 aliphatic heterocycles. The minimum atomic E-state index is -3.24. The first kappa shape index (κ1) is 11.9. The molecular weight excluding hydrogens is 174 g/mol. The second-order valence-electron chi connectivity index (χ2n) is 3.40. The molecule has 3 nitrogen and oxygen atoms in total. The van der Waals surface area contributed by atoms with Crippen LogP contribution >= 0.6 is 0 Å². The van der Waals surface area contributed by atoms with Crippen molar-refractivity contribution in [1.29, 1.82) is 0 Å². The summed E-state index contributed by atoms with van der Waals surface area (Å²) in [5.41, 5.74) is 0. The molecule has 0 aromatic rings. The number of hydrogen-bond acceptors (Lipinski definition) is 2. The number of sulfonamides is 1. The summed E-state index contributed by atoms with van der Waals surface area (Å²) < 4.78 is 21.2. The van der Waals surface area contributed by atoms with Crippen LogP contribution in [0.1, 0.15) is 39.5 Å². The Kier molecular flexibility index (Phi) is 5.50. The van der Waals surface area contributed by atoms with Crippen molar-refractivity contribution in [2.45, 2.75) is 39.5 Å². The van der Waals surface area contributed by atoms with Gasteiger partial charge in [0.15, 0.2) is 0 Å². The van der Waals surface area contributed by atoms with Gasteiger partial charge in [-0.05, 0) is 12.3 Å². The van der Waals surface area contributed by atoms with Crippen molar-refractivity contribution in [2.24, 2.45) is 11.1 Å². The van der Waals surface area contributed by atoms with E-state index in [1.54, 1.807) is 0 Å². The van der Waals surface area contributed by atoms with Crippen molar-refractivity contribution >= 4 is 10.0 Å². The summed E-state index contributed by atoms with van der Waals surface area (Å²) in [6.07, 6.45) is 4.14. The van der Waals surface area contributed by atoms with Crippen molar-refractivity contribution < 1.29 is 8.42 Å². The number of nitrogens with two attached hydrogens (primary N) is 1. The maximum Gasteiger partial charge on any atom is 0.209 e. The molecule has 0 aromatic carbocycles. The molecule has 4 heteroatoms. The van der Waals surface area contributed by atoms with Crippen LogP contribution in [0.2, 0.25) is 0 Å². The largest absolute Gasteiger partial charge is 0.229 e. The fourth-order valence-electron chi connectivity index (χ4n) is 1.06. The van der Waals surface area contributed by atoms with Crippen molar-refractivity contribution in [3.63, 3.8) is 0 Å². The Labute approximate surface area is 75.4 Å². The van der Waals surface area contributed by atoms with E-state index in [-0.39, 0.29) is 5.75 Å². The monoisotopic (exact) mass is 193 g/mol. The lowest BCUT2D eigenvalue weighted by atomic mass is 10.0. The topological polar surface area (TPSA) is 60.2 Å². The van der Waals surface area contributed by atoms with Crippen LogP contribution in [0.4, 0.5) is 0 Å². The first-order chi connectivity index (χ1) is 5.45. The SMILES string of the molecule is CCCCC(C)CCS(N)(=O)=O. The Morgan fingerprint density at radius 3 is 2.33 bits per heavy atom. The summed E-state index contributed by atoms with van der Waals surface area (Å²) in [5, 5.41) is 4.88. The van der Waals surface area contributed by atoms with Gasteiger partial charge >= 0.3 is 0 Å². The van der Waals surface area contributed by atoms with E-state index < -0.39 is 10.0 Å². The average Bonchev–Trinajstić information content (AvgIpc) is 1.95. The molecule has 0 bridgehead atoms. The summed E-state index contributed by atoms with van der Waals surface area (Å²) in [7, 11) is -3.24. The molecule has 74 valence electrons. The van der Waals surface area contributed by atoms with Crippen LogP contribution in [0, 0.1) is 5.92 Å². The maximum atomic E-state index is 10.6. The van der Waals surface area contributed by atoms with Gasteiger partial charge in [-0.2, -0.15) is 0 Å². The smallest absolute Gasteiger partial charge is 0.209 e. The molecule has 0 heterocycles. The predicted octanol–water partition coefficient (Wildman–Crippen LogP) is 1.49. The third-order valence-corrected chi connectivity index (χ3v) is 2.75. The van der Waals surface area contributed by atoms with Crippen LogP contribution in [0.15, 0.2) is 0 Å².